The summed E-state index contributed by atoms with van der Waals surface area (Å²) >= 11 is 0. The first-order chi connectivity index (χ1) is 10.7. The van der Waals surface area contributed by atoms with Gasteiger partial charge >= 0.3 is 5.97 Å². The average Bonchev–Trinajstić information content (AvgIpc) is 2.55. The highest BCUT2D eigenvalue weighted by molar-refractivity contribution is 6.03. The predicted octanol–water partition coefficient (Wildman–Crippen LogP) is 2.96. The number of esters is 1. The SMILES string of the molecule is C=C1CCN(c2c(C(=O)OCC)nnc3ccccc23)CC1. The van der Waals surface area contributed by atoms with Gasteiger partial charge in [-0.15, -0.1) is 10.2 Å². The first-order valence-corrected chi connectivity index (χ1v) is 7.55. The van der Waals surface area contributed by atoms with Gasteiger partial charge in [-0.2, -0.15) is 0 Å². The number of nitrogens with zero attached hydrogens (tertiary/aromatic N) is 3. The molecule has 0 unspecified atom stereocenters. The molecule has 1 aliphatic rings. The molecule has 0 atom stereocenters. The number of benzene rings is 1. The summed E-state index contributed by atoms with van der Waals surface area (Å²) in [6.07, 6.45) is 1.86. The van der Waals surface area contributed by atoms with Crippen molar-refractivity contribution in [3.63, 3.8) is 0 Å². The Labute approximate surface area is 129 Å². The molecule has 1 saturated heterocycles. The lowest BCUT2D eigenvalue weighted by molar-refractivity contribution is 0.0519. The molecule has 1 aromatic heterocycles. The molecule has 5 nitrogen and oxygen atoms in total. The Hall–Kier alpha value is -2.43. The molecule has 1 aliphatic heterocycles. The van der Waals surface area contributed by atoms with Crippen LogP contribution in [0, 0.1) is 0 Å². The lowest BCUT2D eigenvalue weighted by atomic mass is 10.0. The van der Waals surface area contributed by atoms with E-state index in [1.54, 1.807) is 6.92 Å². The third-order valence-corrected chi connectivity index (χ3v) is 3.90. The summed E-state index contributed by atoms with van der Waals surface area (Å²) in [5.41, 5.74) is 3.17. The van der Waals surface area contributed by atoms with Crippen molar-refractivity contribution in [2.24, 2.45) is 0 Å². The molecule has 5 heteroatoms. The van der Waals surface area contributed by atoms with Gasteiger partial charge in [-0.25, -0.2) is 4.79 Å². The molecule has 0 saturated carbocycles. The van der Waals surface area contributed by atoms with Gasteiger partial charge in [0.1, 0.15) is 0 Å². The van der Waals surface area contributed by atoms with Crippen LogP contribution in [0.3, 0.4) is 0 Å². The third-order valence-electron chi connectivity index (χ3n) is 3.90. The minimum Gasteiger partial charge on any atom is -0.461 e. The van der Waals surface area contributed by atoms with Crippen LogP contribution in [0.15, 0.2) is 36.4 Å². The summed E-state index contributed by atoms with van der Waals surface area (Å²) in [4.78, 5) is 14.4. The van der Waals surface area contributed by atoms with Crippen LogP contribution in [-0.4, -0.2) is 35.9 Å². The highest BCUT2D eigenvalue weighted by Crippen LogP contribution is 2.31. The van der Waals surface area contributed by atoms with Gasteiger partial charge in [-0.1, -0.05) is 30.4 Å². The quantitative estimate of drug-likeness (QED) is 0.644. The van der Waals surface area contributed by atoms with Crippen molar-refractivity contribution < 1.29 is 9.53 Å². The molecule has 0 N–H and O–H groups in total. The molecule has 3 rings (SSSR count). The van der Waals surface area contributed by atoms with Crippen molar-refractivity contribution in [3.8, 4) is 0 Å². The van der Waals surface area contributed by atoms with Gasteiger partial charge < -0.3 is 9.64 Å². The Morgan fingerprint density at radius 1 is 1.27 bits per heavy atom. The normalized spacial score (nSPS) is 15.1. The number of carbonyl (C=O) groups excluding carboxylic acids is 1. The van der Waals surface area contributed by atoms with E-state index >= 15 is 0 Å². The van der Waals surface area contributed by atoms with E-state index in [9.17, 15) is 4.79 Å². The lowest BCUT2D eigenvalue weighted by Gasteiger charge is -2.31. The van der Waals surface area contributed by atoms with Crippen molar-refractivity contribution in [1.82, 2.24) is 10.2 Å². The monoisotopic (exact) mass is 297 g/mol. The summed E-state index contributed by atoms with van der Waals surface area (Å²) in [6, 6.07) is 7.75. The summed E-state index contributed by atoms with van der Waals surface area (Å²) in [5, 5.41) is 9.23. The minimum absolute atomic E-state index is 0.299. The molecule has 22 heavy (non-hydrogen) atoms. The first kappa shape index (κ1) is 14.5. The summed E-state index contributed by atoms with van der Waals surface area (Å²) in [5.74, 6) is -0.417. The van der Waals surface area contributed by atoms with Gasteiger partial charge in [-0.05, 0) is 25.8 Å². The highest BCUT2D eigenvalue weighted by Gasteiger charge is 2.24. The van der Waals surface area contributed by atoms with Crippen LogP contribution >= 0.6 is 0 Å². The Balaban J connectivity index is 2.12. The molecule has 1 fully saturated rings. The molecule has 0 spiro atoms. The molecule has 2 aromatic rings. The Morgan fingerprint density at radius 2 is 2.00 bits per heavy atom. The number of aromatic nitrogens is 2. The number of fused-ring (bicyclic) bond motifs is 1. The number of piperidine rings is 1. The topological polar surface area (TPSA) is 55.3 Å². The fourth-order valence-corrected chi connectivity index (χ4v) is 2.74. The van der Waals surface area contributed by atoms with Crippen molar-refractivity contribution in [2.75, 3.05) is 24.6 Å². The molecule has 0 amide bonds. The van der Waals surface area contributed by atoms with Crippen LogP contribution in [0.4, 0.5) is 5.69 Å². The zero-order valence-electron chi connectivity index (χ0n) is 12.7. The van der Waals surface area contributed by atoms with E-state index in [1.165, 1.54) is 5.57 Å². The fourth-order valence-electron chi connectivity index (χ4n) is 2.74. The minimum atomic E-state index is -0.417. The Kier molecular flexibility index (Phi) is 4.04. The second-order valence-corrected chi connectivity index (χ2v) is 5.37. The molecule has 0 bridgehead atoms. The number of hydrogen-bond acceptors (Lipinski definition) is 5. The standard InChI is InChI=1S/C17H19N3O2/c1-3-22-17(21)15-16(20-10-8-12(2)9-11-20)13-6-4-5-7-14(13)18-19-15/h4-7H,2-3,8-11H2,1H3. The molecular formula is C17H19N3O2. The van der Waals surface area contributed by atoms with E-state index in [2.05, 4.69) is 21.7 Å². The average molecular weight is 297 g/mol. The summed E-state index contributed by atoms with van der Waals surface area (Å²) in [6.45, 7) is 7.83. The van der Waals surface area contributed by atoms with Crippen LogP contribution in [-0.2, 0) is 4.74 Å². The summed E-state index contributed by atoms with van der Waals surface area (Å²) in [7, 11) is 0. The maximum atomic E-state index is 12.2. The van der Waals surface area contributed by atoms with Gasteiger partial charge in [0.05, 0.1) is 17.8 Å². The zero-order valence-corrected chi connectivity index (χ0v) is 12.7. The van der Waals surface area contributed by atoms with Crippen molar-refractivity contribution >= 4 is 22.6 Å². The molecule has 0 aliphatic carbocycles. The van der Waals surface area contributed by atoms with Gasteiger partial charge in [0.25, 0.3) is 0 Å². The number of rotatable bonds is 3. The number of anilines is 1. The maximum absolute atomic E-state index is 12.2. The van der Waals surface area contributed by atoms with E-state index < -0.39 is 5.97 Å². The van der Waals surface area contributed by atoms with E-state index in [0.29, 0.717) is 12.3 Å². The smallest absolute Gasteiger partial charge is 0.361 e. The van der Waals surface area contributed by atoms with E-state index in [0.717, 1.165) is 42.5 Å². The zero-order chi connectivity index (χ0) is 15.5. The molecule has 2 heterocycles. The highest BCUT2D eigenvalue weighted by atomic mass is 16.5. The molecular weight excluding hydrogens is 278 g/mol. The number of hydrogen-bond donors (Lipinski definition) is 0. The Bertz CT molecular complexity index is 717. The second kappa shape index (κ2) is 6.13. The Morgan fingerprint density at radius 3 is 2.73 bits per heavy atom. The van der Waals surface area contributed by atoms with Crippen molar-refractivity contribution in [1.29, 1.82) is 0 Å². The van der Waals surface area contributed by atoms with Crippen molar-refractivity contribution in [3.05, 3.63) is 42.1 Å². The van der Waals surface area contributed by atoms with Crippen LogP contribution < -0.4 is 4.90 Å². The first-order valence-electron chi connectivity index (χ1n) is 7.55. The van der Waals surface area contributed by atoms with Gasteiger partial charge in [0, 0.05) is 18.5 Å². The fraction of sp³-hybridized carbons (Fsp3) is 0.353. The van der Waals surface area contributed by atoms with Crippen LogP contribution in [0.2, 0.25) is 0 Å². The van der Waals surface area contributed by atoms with Crippen LogP contribution in [0.1, 0.15) is 30.3 Å². The molecule has 0 radical (unpaired) electrons. The van der Waals surface area contributed by atoms with E-state index in [4.69, 9.17) is 4.74 Å². The molecule has 1 aromatic carbocycles. The lowest BCUT2D eigenvalue weighted by Crippen LogP contribution is -2.32. The predicted molar refractivity (Wildman–Crippen MR) is 86.1 cm³/mol. The maximum Gasteiger partial charge on any atom is 0.361 e. The van der Waals surface area contributed by atoms with Crippen LogP contribution in [0.5, 0.6) is 0 Å². The van der Waals surface area contributed by atoms with Gasteiger partial charge in [0.2, 0.25) is 0 Å². The molecule has 114 valence electrons. The van der Waals surface area contributed by atoms with E-state index in [1.807, 2.05) is 24.3 Å². The summed E-state index contributed by atoms with van der Waals surface area (Å²) < 4.78 is 5.14. The number of carbonyl (C=O) groups is 1. The largest absolute Gasteiger partial charge is 0.461 e. The third kappa shape index (κ3) is 2.66. The second-order valence-electron chi connectivity index (χ2n) is 5.37. The number of ether oxygens (including phenoxy) is 1. The van der Waals surface area contributed by atoms with E-state index in [-0.39, 0.29) is 0 Å². The van der Waals surface area contributed by atoms with Gasteiger partial charge in [-0.3, -0.25) is 0 Å². The van der Waals surface area contributed by atoms with Crippen LogP contribution in [0.25, 0.3) is 10.9 Å². The van der Waals surface area contributed by atoms with Crippen molar-refractivity contribution in [2.45, 2.75) is 19.8 Å². The van der Waals surface area contributed by atoms with Gasteiger partial charge in [0.15, 0.2) is 5.69 Å².